The van der Waals surface area contributed by atoms with Crippen LogP contribution in [0.4, 0.5) is 5.69 Å². The van der Waals surface area contributed by atoms with Crippen LogP contribution in [0.5, 0.6) is 0 Å². The van der Waals surface area contributed by atoms with E-state index in [-0.39, 0.29) is 10.8 Å². The van der Waals surface area contributed by atoms with Gasteiger partial charge in [-0.25, -0.2) is 4.31 Å². The summed E-state index contributed by atoms with van der Waals surface area (Å²) in [4.78, 5) is 5.45. The van der Waals surface area contributed by atoms with Gasteiger partial charge in [0.05, 0.1) is 0 Å². The number of aromatic nitrogens is 1. The van der Waals surface area contributed by atoms with E-state index >= 15 is 0 Å². The van der Waals surface area contributed by atoms with Crippen LogP contribution in [0.25, 0.3) is 0 Å². The van der Waals surface area contributed by atoms with Crippen LogP contribution in [-0.4, -0.2) is 29.4 Å². The van der Waals surface area contributed by atoms with E-state index in [1.165, 1.54) is 28.8 Å². The van der Waals surface area contributed by atoms with Gasteiger partial charge < -0.3 is 11.1 Å². The second-order valence-corrected chi connectivity index (χ2v) is 11.1. The minimum atomic E-state index is 0.204. The number of fused-ring (bicyclic) bond motifs is 1. The van der Waals surface area contributed by atoms with Crippen molar-refractivity contribution in [3.63, 3.8) is 0 Å². The Kier molecular flexibility index (Phi) is 7.86. The maximum atomic E-state index is 4.50. The second-order valence-electron chi connectivity index (χ2n) is 9.94. The molecule has 172 valence electrons. The Morgan fingerprint density at radius 2 is 1.72 bits per heavy atom. The summed E-state index contributed by atoms with van der Waals surface area (Å²) in [6.45, 7) is 13.7. The fraction of sp³-hybridized carbons (Fsp3) is 0.444. The van der Waals surface area contributed by atoms with E-state index in [0.29, 0.717) is 0 Å². The second kappa shape index (κ2) is 10.2. The first kappa shape index (κ1) is 24.6. The molecule has 0 radical (unpaired) electrons. The topological polar surface area (TPSA) is 54.2 Å². The fourth-order valence-corrected chi connectivity index (χ4v) is 5.57. The first-order chi connectivity index (χ1) is 15.2. The molecular weight excluding hydrogens is 412 g/mol. The van der Waals surface area contributed by atoms with Gasteiger partial charge in [0, 0.05) is 47.2 Å². The van der Waals surface area contributed by atoms with E-state index in [2.05, 4.69) is 85.3 Å². The number of nitrogens with zero attached hydrogens (tertiary/aromatic N) is 2. The van der Waals surface area contributed by atoms with Crippen LogP contribution < -0.4 is 11.1 Å². The number of nitrogens with two attached hydrogens (primary N) is 1. The summed E-state index contributed by atoms with van der Waals surface area (Å²) in [6, 6.07) is 13.2. The third-order valence-corrected chi connectivity index (χ3v) is 7.33. The van der Waals surface area contributed by atoms with Gasteiger partial charge in [-0.15, -0.1) is 0 Å². The highest BCUT2D eigenvalue weighted by molar-refractivity contribution is 7.97. The van der Waals surface area contributed by atoms with Crippen molar-refractivity contribution in [1.29, 1.82) is 0 Å². The first-order valence-corrected chi connectivity index (χ1v) is 12.2. The first-order valence-electron chi connectivity index (χ1n) is 11.4. The highest BCUT2D eigenvalue weighted by atomic mass is 32.2. The van der Waals surface area contributed by atoms with Crippen molar-refractivity contribution in [2.24, 2.45) is 11.1 Å². The summed E-state index contributed by atoms with van der Waals surface area (Å²) in [5.74, 6) is 0. The Balaban J connectivity index is 0.00000141. The molecule has 2 heterocycles. The van der Waals surface area contributed by atoms with Crippen molar-refractivity contribution >= 4 is 17.6 Å². The van der Waals surface area contributed by atoms with E-state index < -0.39 is 0 Å². The Hall–Kier alpha value is -2.08. The summed E-state index contributed by atoms with van der Waals surface area (Å²) in [5.41, 5.74) is 11.7. The largest absolute Gasteiger partial charge is 0.355 e. The zero-order valence-corrected chi connectivity index (χ0v) is 21.2. The zero-order valence-electron chi connectivity index (χ0n) is 20.4. The maximum absolute atomic E-state index is 4.50. The van der Waals surface area contributed by atoms with Gasteiger partial charge in [0.1, 0.15) is 0 Å². The number of nitrogens with one attached hydrogen (secondary N) is 1. The van der Waals surface area contributed by atoms with Crippen LogP contribution in [0.15, 0.2) is 76.6 Å². The summed E-state index contributed by atoms with van der Waals surface area (Å²) < 4.78 is 2.55. The molecule has 1 aromatic heterocycles. The Bertz CT molecular complexity index is 957. The van der Waals surface area contributed by atoms with Crippen LogP contribution in [0.3, 0.4) is 0 Å². The molecule has 1 saturated heterocycles. The SMILES string of the molecule is CC1=C(Nc2ccncc2)C=C2CCN(Sc3ccc(C(C)(C)C)cc3)CC2(C)C1.CN. The molecule has 2 aromatic rings. The van der Waals surface area contributed by atoms with Crippen molar-refractivity contribution < 1.29 is 0 Å². The van der Waals surface area contributed by atoms with E-state index in [4.69, 9.17) is 0 Å². The lowest BCUT2D eigenvalue weighted by Gasteiger charge is -2.44. The van der Waals surface area contributed by atoms with Gasteiger partial charge in [-0.05, 0) is 85.7 Å². The lowest BCUT2D eigenvalue weighted by Crippen LogP contribution is -2.41. The predicted octanol–water partition coefficient (Wildman–Crippen LogP) is 6.39. The van der Waals surface area contributed by atoms with Gasteiger partial charge in [0.2, 0.25) is 0 Å². The Morgan fingerprint density at radius 1 is 1.06 bits per heavy atom. The number of hydrogen-bond acceptors (Lipinski definition) is 5. The van der Waals surface area contributed by atoms with Gasteiger partial charge in [-0.2, -0.15) is 0 Å². The number of anilines is 1. The van der Waals surface area contributed by atoms with Gasteiger partial charge >= 0.3 is 0 Å². The molecule has 4 nitrogen and oxygen atoms in total. The predicted molar refractivity (Wildman–Crippen MR) is 139 cm³/mol. The third kappa shape index (κ3) is 5.83. The van der Waals surface area contributed by atoms with Crippen LogP contribution in [0.1, 0.15) is 53.0 Å². The molecule has 0 saturated carbocycles. The molecule has 32 heavy (non-hydrogen) atoms. The highest BCUT2D eigenvalue weighted by Crippen LogP contribution is 2.46. The van der Waals surface area contributed by atoms with Crippen LogP contribution in [0, 0.1) is 5.41 Å². The quantitative estimate of drug-likeness (QED) is 0.529. The van der Waals surface area contributed by atoms with Crippen molar-refractivity contribution in [3.8, 4) is 0 Å². The summed E-state index contributed by atoms with van der Waals surface area (Å²) in [6.07, 6.45) is 8.30. The highest BCUT2D eigenvalue weighted by Gasteiger charge is 2.38. The molecule has 1 atom stereocenters. The normalized spacial score (nSPS) is 21.3. The monoisotopic (exact) mass is 450 g/mol. The number of allylic oxidation sites excluding steroid dienone is 2. The minimum absolute atomic E-state index is 0.204. The molecule has 1 aliphatic heterocycles. The van der Waals surface area contributed by atoms with Crippen molar-refractivity contribution in [3.05, 3.63) is 77.3 Å². The molecule has 4 rings (SSSR count). The Labute approximate surface area is 198 Å². The lowest BCUT2D eigenvalue weighted by atomic mass is 9.70. The summed E-state index contributed by atoms with van der Waals surface area (Å²) >= 11 is 1.91. The van der Waals surface area contributed by atoms with Crippen molar-refractivity contribution in [1.82, 2.24) is 9.29 Å². The van der Waals surface area contributed by atoms with Crippen molar-refractivity contribution in [2.75, 3.05) is 25.5 Å². The molecule has 1 fully saturated rings. The molecule has 1 aliphatic carbocycles. The number of rotatable bonds is 4. The maximum Gasteiger partial charge on any atom is 0.0415 e. The Morgan fingerprint density at radius 3 is 2.34 bits per heavy atom. The van der Waals surface area contributed by atoms with Gasteiger partial charge in [0.15, 0.2) is 0 Å². The standard InChI is InChI=1S/C26H33N3S.CH5N/c1-19-17-26(5)18-29(30-23-8-6-20(7-9-23)25(2,3)4)15-12-21(26)16-24(19)28-22-10-13-27-14-11-22;1-2/h6-11,13-14,16H,12,15,17-18H2,1-5H3,(H,27,28);2H2,1H3. The molecule has 0 spiro atoms. The molecule has 1 unspecified atom stereocenters. The average Bonchev–Trinajstić information content (AvgIpc) is 2.76. The van der Waals surface area contributed by atoms with Gasteiger partial charge in [-0.1, -0.05) is 45.4 Å². The van der Waals surface area contributed by atoms with E-state index in [1.807, 2.05) is 36.5 Å². The molecule has 0 bridgehead atoms. The smallest absolute Gasteiger partial charge is 0.0415 e. The zero-order chi connectivity index (χ0) is 23.4. The lowest BCUT2D eigenvalue weighted by molar-refractivity contribution is 0.242. The number of benzene rings is 1. The number of hydrogen-bond donors (Lipinski definition) is 2. The molecule has 5 heteroatoms. The summed E-state index contributed by atoms with van der Waals surface area (Å²) in [5, 5.41) is 3.59. The van der Waals surface area contributed by atoms with Crippen LogP contribution in [-0.2, 0) is 5.41 Å². The molecule has 2 aliphatic rings. The average molecular weight is 451 g/mol. The van der Waals surface area contributed by atoms with Gasteiger partial charge in [0.25, 0.3) is 0 Å². The van der Waals surface area contributed by atoms with Gasteiger partial charge in [-0.3, -0.25) is 4.98 Å². The third-order valence-electron chi connectivity index (χ3n) is 6.28. The van der Waals surface area contributed by atoms with E-state index in [1.54, 1.807) is 5.57 Å². The van der Waals surface area contributed by atoms with E-state index in [0.717, 1.165) is 31.6 Å². The van der Waals surface area contributed by atoms with Crippen LogP contribution >= 0.6 is 11.9 Å². The molecule has 1 aromatic carbocycles. The molecule has 0 amide bonds. The molecule has 3 N–H and O–H groups in total. The molecular formula is C27H38N4S. The van der Waals surface area contributed by atoms with Crippen LogP contribution in [0.2, 0.25) is 0 Å². The minimum Gasteiger partial charge on any atom is -0.355 e. The number of piperidine rings is 1. The van der Waals surface area contributed by atoms with Crippen molar-refractivity contribution in [2.45, 2.75) is 57.8 Å². The fourth-order valence-electron chi connectivity index (χ4n) is 4.49. The van der Waals surface area contributed by atoms with E-state index in [9.17, 15) is 0 Å². The summed E-state index contributed by atoms with van der Waals surface area (Å²) in [7, 11) is 1.50. The number of pyridine rings is 1.